The monoisotopic (exact) mass is 393 g/mol. The molecule has 0 spiro atoms. The summed E-state index contributed by atoms with van der Waals surface area (Å²) in [6, 6.07) is 5.20. The molecule has 6 nitrogen and oxygen atoms in total. The number of carbonyl (C=O) groups is 1. The Hall–Kier alpha value is -1.60. The molecule has 0 bridgehead atoms. The second-order valence-corrected chi connectivity index (χ2v) is 9.68. The van der Waals surface area contributed by atoms with E-state index in [1.54, 1.807) is 12.1 Å². The summed E-state index contributed by atoms with van der Waals surface area (Å²) in [7, 11) is -3.30. The molecule has 1 amide bonds. The van der Waals surface area contributed by atoms with Crippen molar-refractivity contribution in [3.05, 3.63) is 29.3 Å². The van der Waals surface area contributed by atoms with Crippen LogP contribution in [0.4, 0.5) is 5.69 Å². The van der Waals surface area contributed by atoms with Crippen molar-refractivity contribution in [2.75, 3.05) is 36.7 Å². The number of hydrogen-bond acceptors (Lipinski definition) is 4. The predicted molar refractivity (Wildman–Crippen MR) is 109 cm³/mol. The van der Waals surface area contributed by atoms with E-state index in [-0.39, 0.29) is 11.9 Å². The first-order chi connectivity index (χ1) is 12.9. The van der Waals surface area contributed by atoms with E-state index in [0.717, 1.165) is 18.5 Å². The van der Waals surface area contributed by atoms with E-state index in [1.165, 1.54) is 49.3 Å². The fourth-order valence-corrected chi connectivity index (χ4v) is 5.48. The fourth-order valence-electron chi connectivity index (χ4n) is 4.22. The van der Waals surface area contributed by atoms with E-state index in [1.807, 2.05) is 13.0 Å². The van der Waals surface area contributed by atoms with E-state index >= 15 is 0 Å². The number of hydrogen-bond donors (Lipinski definition) is 1. The largest absolute Gasteiger partial charge is 0.352 e. The van der Waals surface area contributed by atoms with Crippen LogP contribution in [0.3, 0.4) is 0 Å². The van der Waals surface area contributed by atoms with Crippen LogP contribution in [-0.2, 0) is 16.4 Å². The van der Waals surface area contributed by atoms with E-state index in [2.05, 4.69) is 10.2 Å². The van der Waals surface area contributed by atoms with Gasteiger partial charge in [0.15, 0.2) is 0 Å². The zero-order chi connectivity index (χ0) is 19.4. The molecule has 0 radical (unpaired) electrons. The molecule has 0 saturated carbocycles. The Kier molecular flexibility index (Phi) is 6.42. The molecule has 0 aromatic heterocycles. The molecule has 1 aromatic carbocycles. The first-order valence-corrected chi connectivity index (χ1v) is 11.8. The quantitative estimate of drug-likeness (QED) is 0.754. The van der Waals surface area contributed by atoms with Gasteiger partial charge in [0.05, 0.1) is 11.9 Å². The molecule has 7 heteroatoms. The zero-order valence-electron chi connectivity index (χ0n) is 16.4. The summed E-state index contributed by atoms with van der Waals surface area (Å²) >= 11 is 0. The van der Waals surface area contributed by atoms with Crippen molar-refractivity contribution >= 4 is 21.6 Å². The number of rotatable bonds is 6. The van der Waals surface area contributed by atoms with Crippen molar-refractivity contribution < 1.29 is 13.2 Å². The summed E-state index contributed by atoms with van der Waals surface area (Å²) < 4.78 is 25.4. The Labute approximate surface area is 163 Å². The van der Waals surface area contributed by atoms with Crippen LogP contribution < -0.4 is 9.62 Å². The van der Waals surface area contributed by atoms with Gasteiger partial charge in [-0.2, -0.15) is 0 Å². The maximum Gasteiger partial charge on any atom is 0.251 e. The number of benzene rings is 1. The minimum atomic E-state index is -3.30. The lowest BCUT2D eigenvalue weighted by Gasteiger charge is -2.22. The average molecular weight is 394 g/mol. The number of sulfonamides is 1. The van der Waals surface area contributed by atoms with Crippen LogP contribution in [0.1, 0.15) is 54.9 Å². The van der Waals surface area contributed by atoms with Crippen LogP contribution in [0.2, 0.25) is 0 Å². The van der Waals surface area contributed by atoms with Crippen LogP contribution in [0, 0.1) is 0 Å². The third kappa shape index (κ3) is 5.02. The highest BCUT2D eigenvalue weighted by Crippen LogP contribution is 2.34. The fraction of sp³-hybridized carbons (Fsp3) is 0.650. The van der Waals surface area contributed by atoms with Crippen LogP contribution in [0.5, 0.6) is 0 Å². The highest BCUT2D eigenvalue weighted by molar-refractivity contribution is 7.92. The normalized spacial score (nSPS) is 21.0. The first-order valence-electron chi connectivity index (χ1n) is 9.99. The van der Waals surface area contributed by atoms with Crippen LogP contribution in [-0.4, -0.2) is 57.7 Å². The van der Waals surface area contributed by atoms with Gasteiger partial charge >= 0.3 is 0 Å². The number of nitrogens with zero attached hydrogens (tertiary/aromatic N) is 2. The van der Waals surface area contributed by atoms with E-state index < -0.39 is 10.0 Å². The van der Waals surface area contributed by atoms with Gasteiger partial charge in [-0.15, -0.1) is 0 Å². The van der Waals surface area contributed by atoms with Crippen molar-refractivity contribution in [2.24, 2.45) is 0 Å². The van der Waals surface area contributed by atoms with Crippen LogP contribution in [0.25, 0.3) is 0 Å². The lowest BCUT2D eigenvalue weighted by Crippen LogP contribution is -2.34. The molecule has 2 aliphatic heterocycles. The van der Waals surface area contributed by atoms with Gasteiger partial charge in [0.25, 0.3) is 5.91 Å². The standard InChI is InChI=1S/C20H31N3O3S/c1-16-14-18-15-17(8-9-19(18)23(16)27(2,25)26)20(24)21-10-7-13-22-11-5-3-4-6-12-22/h8-9,15-16H,3-7,10-14H2,1-2H3,(H,21,24). The lowest BCUT2D eigenvalue weighted by atomic mass is 10.1. The summed E-state index contributed by atoms with van der Waals surface area (Å²) in [6.07, 6.45) is 8.05. The number of likely N-dealkylation sites (tertiary alicyclic amines) is 1. The van der Waals surface area contributed by atoms with Crippen molar-refractivity contribution in [1.29, 1.82) is 0 Å². The lowest BCUT2D eigenvalue weighted by molar-refractivity contribution is 0.0951. The topological polar surface area (TPSA) is 69.7 Å². The highest BCUT2D eigenvalue weighted by atomic mass is 32.2. The summed E-state index contributed by atoms with van der Waals surface area (Å²) in [4.78, 5) is 14.9. The summed E-state index contributed by atoms with van der Waals surface area (Å²) in [6.45, 7) is 5.94. The van der Waals surface area contributed by atoms with Crippen molar-refractivity contribution in [3.8, 4) is 0 Å². The smallest absolute Gasteiger partial charge is 0.251 e. The summed E-state index contributed by atoms with van der Waals surface area (Å²) in [5, 5.41) is 3.00. The molecule has 1 saturated heterocycles. The molecule has 27 heavy (non-hydrogen) atoms. The number of nitrogens with one attached hydrogen (secondary N) is 1. The molecule has 150 valence electrons. The Morgan fingerprint density at radius 1 is 1.19 bits per heavy atom. The summed E-state index contributed by atoms with van der Waals surface area (Å²) in [5.41, 5.74) is 2.22. The number of anilines is 1. The maximum absolute atomic E-state index is 12.5. The van der Waals surface area contributed by atoms with Gasteiger partial charge in [-0.25, -0.2) is 8.42 Å². The summed E-state index contributed by atoms with van der Waals surface area (Å²) in [5.74, 6) is -0.0841. The van der Waals surface area contributed by atoms with E-state index in [9.17, 15) is 13.2 Å². The van der Waals surface area contributed by atoms with Gasteiger partial charge in [-0.1, -0.05) is 12.8 Å². The number of carbonyl (C=O) groups excluding carboxylic acids is 1. The molecule has 3 rings (SSSR count). The van der Waals surface area contributed by atoms with Gasteiger partial charge in [0, 0.05) is 18.2 Å². The Balaban J connectivity index is 1.53. The van der Waals surface area contributed by atoms with E-state index in [4.69, 9.17) is 0 Å². The van der Waals surface area contributed by atoms with Crippen LogP contribution >= 0.6 is 0 Å². The van der Waals surface area contributed by atoms with Crippen molar-refractivity contribution in [3.63, 3.8) is 0 Å². The van der Waals surface area contributed by atoms with Crippen LogP contribution in [0.15, 0.2) is 18.2 Å². The molecular formula is C20H31N3O3S. The second-order valence-electron chi connectivity index (χ2n) is 7.82. The third-order valence-electron chi connectivity index (χ3n) is 5.49. The third-order valence-corrected chi connectivity index (χ3v) is 6.76. The second kappa shape index (κ2) is 8.61. The molecular weight excluding hydrogens is 362 g/mol. The molecule has 1 aromatic rings. The van der Waals surface area contributed by atoms with E-state index in [0.29, 0.717) is 24.2 Å². The first kappa shape index (κ1) is 20.1. The maximum atomic E-state index is 12.5. The molecule has 1 fully saturated rings. The van der Waals surface area contributed by atoms with Gasteiger partial charge in [-0.05, 0) is 76.0 Å². The van der Waals surface area contributed by atoms with Gasteiger partial charge < -0.3 is 10.2 Å². The minimum absolute atomic E-state index is 0.0841. The molecule has 1 unspecified atom stereocenters. The molecule has 0 aliphatic carbocycles. The van der Waals surface area contributed by atoms with Crippen molar-refractivity contribution in [1.82, 2.24) is 10.2 Å². The molecule has 1 atom stereocenters. The van der Waals surface area contributed by atoms with Gasteiger partial charge in [0.2, 0.25) is 10.0 Å². The average Bonchev–Trinajstić information content (AvgIpc) is 2.77. The van der Waals surface area contributed by atoms with Gasteiger partial charge in [0.1, 0.15) is 0 Å². The SMILES string of the molecule is CC1Cc2cc(C(=O)NCCCN3CCCCCC3)ccc2N1S(C)(=O)=O. The van der Waals surface area contributed by atoms with Crippen molar-refractivity contribution in [2.45, 2.75) is 51.5 Å². The Morgan fingerprint density at radius 3 is 2.56 bits per heavy atom. The molecule has 1 N–H and O–H groups in total. The Morgan fingerprint density at radius 2 is 1.89 bits per heavy atom. The zero-order valence-corrected chi connectivity index (χ0v) is 17.2. The Bertz CT molecular complexity index is 771. The number of amides is 1. The number of fused-ring (bicyclic) bond motifs is 1. The molecule has 2 heterocycles. The molecule has 2 aliphatic rings. The minimum Gasteiger partial charge on any atom is -0.352 e. The highest BCUT2D eigenvalue weighted by Gasteiger charge is 2.32. The van der Waals surface area contributed by atoms with Gasteiger partial charge in [-0.3, -0.25) is 9.10 Å². The predicted octanol–water partition coefficient (Wildman–Crippen LogP) is 2.39.